The monoisotopic (exact) mass is 521 g/mol. The van der Waals surface area contributed by atoms with E-state index < -0.39 is 15.7 Å². The number of benzene rings is 2. The Kier molecular flexibility index (Phi) is 5.76. The van der Waals surface area contributed by atoms with Crippen molar-refractivity contribution in [3.63, 3.8) is 0 Å². The maximum atomic E-state index is 14.5. The Hall–Kier alpha value is -3.70. The summed E-state index contributed by atoms with van der Waals surface area (Å²) < 4.78 is 45.4. The Morgan fingerprint density at radius 2 is 1.78 bits per heavy atom. The lowest BCUT2D eigenvalue weighted by atomic mass is 10.1. The Bertz CT molecular complexity index is 1620. The zero-order chi connectivity index (χ0) is 25.7. The van der Waals surface area contributed by atoms with Gasteiger partial charge < -0.3 is 9.64 Å². The molecule has 2 aliphatic rings. The molecule has 0 N–H and O–H groups in total. The molecule has 0 spiro atoms. The standard InChI is InChI=1S/C26H24FN5O4S/c1-37(34,35)19-5-7-22(27)21(13-19)18-14-28-26(29-15-18)32-23-12-17(25(33)31-8-10-36-11-9-31)4-6-20(23)24(30-32)16-2-3-16/h4-7,12-16H,2-3,8-11H2,1H3. The van der Waals surface area contributed by atoms with Gasteiger partial charge in [0.1, 0.15) is 5.82 Å². The second-order valence-corrected chi connectivity index (χ2v) is 11.4. The highest BCUT2D eigenvalue weighted by Gasteiger charge is 2.30. The van der Waals surface area contributed by atoms with Crippen LogP contribution in [-0.2, 0) is 14.6 Å². The van der Waals surface area contributed by atoms with E-state index in [0.29, 0.717) is 43.3 Å². The maximum absolute atomic E-state index is 14.5. The van der Waals surface area contributed by atoms with Crippen LogP contribution in [0.25, 0.3) is 28.0 Å². The second-order valence-electron chi connectivity index (χ2n) is 9.39. The lowest BCUT2D eigenvalue weighted by molar-refractivity contribution is 0.0303. The highest BCUT2D eigenvalue weighted by molar-refractivity contribution is 7.90. The number of hydrogen-bond acceptors (Lipinski definition) is 7. The zero-order valence-electron chi connectivity index (χ0n) is 20.1. The van der Waals surface area contributed by atoms with Gasteiger partial charge in [-0.15, -0.1) is 0 Å². The molecule has 1 amide bonds. The third-order valence-corrected chi connectivity index (χ3v) is 7.83. The van der Waals surface area contributed by atoms with E-state index in [1.165, 1.54) is 24.5 Å². The molecule has 1 saturated heterocycles. The van der Waals surface area contributed by atoms with Crippen LogP contribution in [0.2, 0.25) is 0 Å². The Balaban J connectivity index is 1.40. The molecule has 1 aliphatic carbocycles. The second kappa shape index (κ2) is 9.00. The molecule has 11 heteroatoms. The summed E-state index contributed by atoms with van der Waals surface area (Å²) in [5, 5.41) is 5.74. The molecule has 0 unspecified atom stereocenters. The smallest absolute Gasteiger partial charge is 0.254 e. The fourth-order valence-electron chi connectivity index (χ4n) is 4.56. The third-order valence-electron chi connectivity index (χ3n) is 6.72. The average molecular weight is 522 g/mol. The van der Waals surface area contributed by atoms with Gasteiger partial charge in [0.25, 0.3) is 11.9 Å². The van der Waals surface area contributed by atoms with Crippen molar-refractivity contribution in [1.29, 1.82) is 0 Å². The number of rotatable bonds is 5. The van der Waals surface area contributed by atoms with Gasteiger partial charge in [-0.2, -0.15) is 9.78 Å². The van der Waals surface area contributed by atoms with Crippen LogP contribution in [0.15, 0.2) is 53.7 Å². The molecule has 37 heavy (non-hydrogen) atoms. The van der Waals surface area contributed by atoms with Gasteiger partial charge in [-0.05, 0) is 43.2 Å². The summed E-state index contributed by atoms with van der Waals surface area (Å²) in [6.07, 6.45) is 6.06. The SMILES string of the molecule is CS(=O)(=O)c1ccc(F)c(-c2cnc(-n3nc(C4CC4)c4ccc(C(=O)N5CCOCC5)cc43)nc2)c1. The first kappa shape index (κ1) is 23.7. The molecule has 6 rings (SSSR count). The molecule has 0 radical (unpaired) electrons. The van der Waals surface area contributed by atoms with Crippen LogP contribution in [0.5, 0.6) is 0 Å². The van der Waals surface area contributed by atoms with E-state index in [-0.39, 0.29) is 22.3 Å². The van der Waals surface area contributed by atoms with Gasteiger partial charge in [0.05, 0.1) is 29.3 Å². The molecule has 1 saturated carbocycles. The minimum atomic E-state index is -3.50. The number of sulfone groups is 1. The molecule has 1 aliphatic heterocycles. The summed E-state index contributed by atoms with van der Waals surface area (Å²) >= 11 is 0. The fourth-order valence-corrected chi connectivity index (χ4v) is 5.20. The van der Waals surface area contributed by atoms with Gasteiger partial charge in [0.2, 0.25) is 0 Å². The number of hydrogen-bond donors (Lipinski definition) is 0. The predicted octanol–water partition coefficient (Wildman–Crippen LogP) is 3.37. The van der Waals surface area contributed by atoms with Crippen LogP contribution in [0.4, 0.5) is 4.39 Å². The van der Waals surface area contributed by atoms with Gasteiger partial charge >= 0.3 is 0 Å². The van der Waals surface area contributed by atoms with Gasteiger partial charge in [-0.1, -0.05) is 6.07 Å². The quantitative estimate of drug-likeness (QED) is 0.371. The highest BCUT2D eigenvalue weighted by atomic mass is 32.2. The van der Waals surface area contributed by atoms with Crippen LogP contribution in [0.3, 0.4) is 0 Å². The number of halogens is 1. The Labute approximate surface area is 212 Å². The summed E-state index contributed by atoms with van der Waals surface area (Å²) in [7, 11) is -3.50. The van der Waals surface area contributed by atoms with Crippen LogP contribution >= 0.6 is 0 Å². The number of nitrogens with zero attached hydrogens (tertiary/aromatic N) is 5. The van der Waals surface area contributed by atoms with Gasteiger partial charge in [-0.25, -0.2) is 22.8 Å². The largest absolute Gasteiger partial charge is 0.378 e. The minimum absolute atomic E-state index is 0.0117. The van der Waals surface area contributed by atoms with E-state index in [0.717, 1.165) is 41.8 Å². The van der Waals surface area contributed by atoms with Crippen molar-refractivity contribution in [3.05, 3.63) is 65.9 Å². The number of amides is 1. The maximum Gasteiger partial charge on any atom is 0.254 e. The summed E-state index contributed by atoms with van der Waals surface area (Å²) in [5.74, 6) is -0.00746. The zero-order valence-corrected chi connectivity index (χ0v) is 20.9. The number of morpholine rings is 1. The molecule has 2 aromatic heterocycles. The lowest BCUT2D eigenvalue weighted by Gasteiger charge is -2.26. The predicted molar refractivity (Wildman–Crippen MR) is 134 cm³/mol. The summed E-state index contributed by atoms with van der Waals surface area (Å²) in [5.41, 5.74) is 2.65. The van der Waals surface area contributed by atoms with Crippen molar-refractivity contribution in [2.45, 2.75) is 23.7 Å². The molecular formula is C26H24FN5O4S. The van der Waals surface area contributed by atoms with Crippen molar-refractivity contribution >= 4 is 26.6 Å². The van der Waals surface area contributed by atoms with Crippen LogP contribution < -0.4 is 0 Å². The minimum Gasteiger partial charge on any atom is -0.378 e. The summed E-state index contributed by atoms with van der Waals surface area (Å²) in [4.78, 5) is 23.7. The number of fused-ring (bicyclic) bond motifs is 1. The van der Waals surface area contributed by atoms with Crippen molar-refractivity contribution < 1.29 is 22.3 Å². The molecular weight excluding hydrogens is 497 g/mol. The van der Waals surface area contributed by atoms with E-state index in [9.17, 15) is 17.6 Å². The van der Waals surface area contributed by atoms with E-state index in [2.05, 4.69) is 9.97 Å². The van der Waals surface area contributed by atoms with Gasteiger partial charge in [0.15, 0.2) is 9.84 Å². The number of aromatic nitrogens is 4. The first-order chi connectivity index (χ1) is 17.8. The molecule has 3 heterocycles. The molecule has 190 valence electrons. The summed E-state index contributed by atoms with van der Waals surface area (Å²) in [6.45, 7) is 2.13. The molecule has 2 aromatic carbocycles. The van der Waals surface area contributed by atoms with Crippen molar-refractivity contribution in [3.8, 4) is 17.1 Å². The topological polar surface area (TPSA) is 107 Å². The first-order valence-corrected chi connectivity index (χ1v) is 13.9. The lowest BCUT2D eigenvalue weighted by Crippen LogP contribution is -2.40. The van der Waals surface area contributed by atoms with Crippen molar-refractivity contribution in [2.75, 3.05) is 32.6 Å². The van der Waals surface area contributed by atoms with Crippen LogP contribution in [-0.4, -0.2) is 71.5 Å². The number of carbonyl (C=O) groups is 1. The van der Waals surface area contributed by atoms with Gasteiger partial charge in [0, 0.05) is 59.7 Å². The van der Waals surface area contributed by atoms with E-state index in [4.69, 9.17) is 9.84 Å². The van der Waals surface area contributed by atoms with Gasteiger partial charge in [-0.3, -0.25) is 4.79 Å². The van der Waals surface area contributed by atoms with E-state index in [1.54, 1.807) is 9.58 Å². The third kappa shape index (κ3) is 4.49. The van der Waals surface area contributed by atoms with Crippen molar-refractivity contribution in [1.82, 2.24) is 24.6 Å². The highest BCUT2D eigenvalue weighted by Crippen LogP contribution is 2.43. The van der Waals surface area contributed by atoms with Crippen LogP contribution in [0.1, 0.15) is 34.8 Å². The first-order valence-electron chi connectivity index (χ1n) is 12.0. The average Bonchev–Trinajstić information content (AvgIpc) is 3.68. The Morgan fingerprint density at radius 3 is 2.46 bits per heavy atom. The van der Waals surface area contributed by atoms with Crippen molar-refractivity contribution in [2.24, 2.45) is 0 Å². The number of ether oxygens (including phenoxy) is 1. The molecule has 2 fully saturated rings. The number of carbonyl (C=O) groups excluding carboxylic acids is 1. The summed E-state index contributed by atoms with van der Waals surface area (Å²) in [6, 6.07) is 9.21. The molecule has 9 nitrogen and oxygen atoms in total. The van der Waals surface area contributed by atoms with E-state index >= 15 is 0 Å². The fraction of sp³-hybridized carbons (Fsp3) is 0.308. The normalized spacial score (nSPS) is 16.3. The van der Waals surface area contributed by atoms with E-state index in [1.807, 2.05) is 18.2 Å². The molecule has 0 atom stereocenters. The van der Waals surface area contributed by atoms with Crippen LogP contribution in [0, 0.1) is 5.82 Å². The Morgan fingerprint density at radius 1 is 1.05 bits per heavy atom. The molecule has 0 bridgehead atoms. The molecule has 4 aromatic rings.